The minimum absolute atomic E-state index is 0.0497. The van der Waals surface area contributed by atoms with E-state index in [1.807, 2.05) is 6.08 Å². The number of ether oxygens (including phenoxy) is 1. The number of benzene rings is 1. The Kier molecular flexibility index (Phi) is 3.16. The highest BCUT2D eigenvalue weighted by molar-refractivity contribution is 6.52. The molecule has 0 fully saturated rings. The highest BCUT2D eigenvalue weighted by Gasteiger charge is 2.51. The van der Waals surface area contributed by atoms with Gasteiger partial charge in [-0.05, 0) is 11.6 Å². The molecule has 1 aromatic rings. The van der Waals surface area contributed by atoms with Gasteiger partial charge in [0.15, 0.2) is 11.4 Å². The monoisotopic (exact) mass is 336 g/mol. The molecule has 0 spiro atoms. The first-order valence-electron chi connectivity index (χ1n) is 5.58. The lowest BCUT2D eigenvalue weighted by Crippen LogP contribution is -2.44. The van der Waals surface area contributed by atoms with E-state index in [0.717, 1.165) is 5.56 Å². The molecule has 0 N–H and O–H groups in total. The van der Waals surface area contributed by atoms with E-state index in [0.29, 0.717) is 17.0 Å². The number of rotatable bonds is 1. The van der Waals surface area contributed by atoms with Crippen molar-refractivity contribution in [2.45, 2.75) is 17.9 Å². The zero-order chi connectivity index (χ0) is 13.9. The van der Waals surface area contributed by atoms with E-state index < -0.39 is 5.60 Å². The maximum absolute atomic E-state index is 12.3. The maximum Gasteiger partial charge on any atom is 0.174 e. The minimum Gasteiger partial charge on any atom is -0.362 e. The van der Waals surface area contributed by atoms with Crippen LogP contribution in [0.3, 0.4) is 0 Å². The second-order valence-electron chi connectivity index (χ2n) is 4.58. The van der Waals surface area contributed by atoms with Crippen LogP contribution >= 0.6 is 46.4 Å². The van der Waals surface area contributed by atoms with Crippen molar-refractivity contribution in [2.24, 2.45) is 0 Å². The van der Waals surface area contributed by atoms with Crippen molar-refractivity contribution in [1.29, 1.82) is 0 Å². The highest BCUT2D eigenvalue weighted by atomic mass is 35.5. The first kappa shape index (κ1) is 13.7. The van der Waals surface area contributed by atoms with Crippen molar-refractivity contribution in [3.63, 3.8) is 0 Å². The molecule has 3 aliphatic rings. The van der Waals surface area contributed by atoms with Crippen LogP contribution in [0, 0.1) is 0 Å². The molecule has 0 saturated carbocycles. The molecule has 3 aliphatic carbocycles. The topological polar surface area (TPSA) is 26.3 Å². The standard InChI is InChI=1S/C13H8Cl4O2/c1-19-13-3-2-5(4-6(13)18)7-8(13)10(15)12(17)11(16)9(7)14/h2-3,5H,4H2,1H3. The average molecular weight is 338 g/mol. The van der Waals surface area contributed by atoms with Crippen LogP contribution in [0.4, 0.5) is 0 Å². The number of methoxy groups -OCH3 is 1. The van der Waals surface area contributed by atoms with Crippen molar-refractivity contribution in [3.05, 3.63) is 43.4 Å². The Balaban J connectivity index is 2.45. The van der Waals surface area contributed by atoms with Crippen molar-refractivity contribution in [1.82, 2.24) is 0 Å². The van der Waals surface area contributed by atoms with Gasteiger partial charge in [-0.1, -0.05) is 52.5 Å². The summed E-state index contributed by atoms with van der Waals surface area (Å²) in [5, 5.41) is 0.939. The molecule has 0 saturated heterocycles. The third-order valence-electron chi connectivity index (χ3n) is 3.75. The molecule has 2 nitrogen and oxygen atoms in total. The zero-order valence-corrected chi connectivity index (χ0v) is 12.8. The second kappa shape index (κ2) is 4.37. The van der Waals surface area contributed by atoms with Gasteiger partial charge in [-0.2, -0.15) is 0 Å². The Morgan fingerprint density at radius 1 is 1.16 bits per heavy atom. The third-order valence-corrected chi connectivity index (χ3v) is 5.57. The molecule has 1 aromatic carbocycles. The SMILES string of the molecule is COC12C=CC(CC1=O)c1c(Cl)c(Cl)c(Cl)c(Cl)c12. The molecule has 0 heterocycles. The summed E-state index contributed by atoms with van der Waals surface area (Å²) in [6.07, 6.45) is 3.95. The number of carbonyl (C=O) groups excluding carboxylic acids is 1. The van der Waals surface area contributed by atoms with Crippen LogP contribution in [0.15, 0.2) is 12.2 Å². The number of Topliss-reactive ketones (excluding diaryl/α,β-unsaturated/α-hetero) is 1. The largest absolute Gasteiger partial charge is 0.362 e. The van der Waals surface area contributed by atoms with Crippen molar-refractivity contribution in [2.75, 3.05) is 7.11 Å². The third kappa shape index (κ3) is 1.58. The number of carbonyl (C=O) groups is 1. The van der Waals surface area contributed by atoms with Crippen molar-refractivity contribution < 1.29 is 9.53 Å². The molecular weight excluding hydrogens is 330 g/mol. The molecule has 6 heteroatoms. The molecule has 19 heavy (non-hydrogen) atoms. The number of hydrogen-bond acceptors (Lipinski definition) is 2. The van der Waals surface area contributed by atoms with E-state index >= 15 is 0 Å². The van der Waals surface area contributed by atoms with Crippen LogP contribution in [-0.2, 0) is 15.1 Å². The molecule has 0 amide bonds. The molecule has 0 aliphatic heterocycles. The summed E-state index contributed by atoms with van der Waals surface area (Å²) in [6.45, 7) is 0. The molecule has 4 rings (SSSR count). The predicted molar refractivity (Wildman–Crippen MR) is 76.7 cm³/mol. The van der Waals surface area contributed by atoms with Crippen LogP contribution in [0.2, 0.25) is 20.1 Å². The predicted octanol–water partition coefficient (Wildman–Crippen LogP) is 4.77. The van der Waals surface area contributed by atoms with Gasteiger partial charge in [0.05, 0.1) is 20.1 Å². The van der Waals surface area contributed by atoms with Crippen LogP contribution < -0.4 is 0 Å². The molecule has 2 bridgehead atoms. The lowest BCUT2D eigenvalue weighted by Gasteiger charge is -2.42. The molecule has 0 radical (unpaired) electrons. The Morgan fingerprint density at radius 2 is 1.79 bits per heavy atom. The fourth-order valence-electron chi connectivity index (χ4n) is 2.83. The van der Waals surface area contributed by atoms with Crippen LogP contribution in [0.5, 0.6) is 0 Å². The van der Waals surface area contributed by atoms with Gasteiger partial charge in [0.25, 0.3) is 0 Å². The number of fused-ring (bicyclic) bond motifs is 1. The number of halogens is 4. The van der Waals surface area contributed by atoms with Gasteiger partial charge < -0.3 is 4.74 Å². The van der Waals surface area contributed by atoms with Gasteiger partial charge in [-0.3, -0.25) is 4.79 Å². The second-order valence-corrected chi connectivity index (χ2v) is 6.09. The number of ketones is 1. The number of hydrogen-bond donors (Lipinski definition) is 0. The first-order chi connectivity index (χ1) is 8.94. The lowest BCUT2D eigenvalue weighted by molar-refractivity contribution is -0.139. The quantitative estimate of drug-likeness (QED) is 0.419. The number of allylic oxidation sites excluding steroid dienone is 1. The summed E-state index contributed by atoms with van der Waals surface area (Å²) in [5.41, 5.74) is 0.0730. The Morgan fingerprint density at radius 3 is 2.37 bits per heavy atom. The minimum atomic E-state index is -1.20. The fraction of sp³-hybridized carbons (Fsp3) is 0.308. The van der Waals surface area contributed by atoms with E-state index in [-0.39, 0.29) is 26.8 Å². The van der Waals surface area contributed by atoms with E-state index in [9.17, 15) is 4.79 Å². The van der Waals surface area contributed by atoms with Gasteiger partial charge >= 0.3 is 0 Å². The van der Waals surface area contributed by atoms with Gasteiger partial charge in [0, 0.05) is 25.0 Å². The van der Waals surface area contributed by atoms with Crippen LogP contribution in [0.25, 0.3) is 0 Å². The molecule has 100 valence electrons. The van der Waals surface area contributed by atoms with Gasteiger partial charge in [0.2, 0.25) is 0 Å². The average Bonchev–Trinajstić information content (AvgIpc) is 2.42. The van der Waals surface area contributed by atoms with Gasteiger partial charge in [-0.25, -0.2) is 0 Å². The highest BCUT2D eigenvalue weighted by Crippen LogP contribution is 2.56. The van der Waals surface area contributed by atoms with Gasteiger partial charge in [-0.15, -0.1) is 0 Å². The molecular formula is C13H8Cl4O2. The molecule has 0 aromatic heterocycles. The Bertz CT molecular complexity index is 638. The summed E-state index contributed by atoms with van der Waals surface area (Å²) in [5.74, 6) is -0.175. The summed E-state index contributed by atoms with van der Waals surface area (Å²) in [4.78, 5) is 12.3. The van der Waals surface area contributed by atoms with E-state index in [1.54, 1.807) is 6.08 Å². The van der Waals surface area contributed by atoms with Crippen molar-refractivity contribution in [3.8, 4) is 0 Å². The van der Waals surface area contributed by atoms with Gasteiger partial charge in [0.1, 0.15) is 0 Å². The normalized spacial score (nSPS) is 27.8. The molecule has 2 atom stereocenters. The summed E-state index contributed by atoms with van der Waals surface area (Å²) < 4.78 is 5.45. The van der Waals surface area contributed by atoms with Crippen LogP contribution in [0.1, 0.15) is 23.5 Å². The molecule has 2 unspecified atom stereocenters. The van der Waals surface area contributed by atoms with E-state index in [2.05, 4.69) is 0 Å². The maximum atomic E-state index is 12.3. The summed E-state index contributed by atoms with van der Waals surface area (Å²) >= 11 is 24.7. The lowest BCUT2D eigenvalue weighted by atomic mass is 9.67. The smallest absolute Gasteiger partial charge is 0.174 e. The fourth-order valence-corrected chi connectivity index (χ4v) is 3.98. The Labute approximate surface area is 130 Å². The first-order valence-corrected chi connectivity index (χ1v) is 7.09. The van der Waals surface area contributed by atoms with E-state index in [1.165, 1.54) is 7.11 Å². The summed E-state index contributed by atoms with van der Waals surface area (Å²) in [6, 6.07) is 0. The Hall–Kier alpha value is -0.250. The van der Waals surface area contributed by atoms with E-state index in [4.69, 9.17) is 51.1 Å². The zero-order valence-electron chi connectivity index (χ0n) is 9.77. The summed E-state index contributed by atoms with van der Waals surface area (Å²) in [7, 11) is 1.46. The van der Waals surface area contributed by atoms with Crippen molar-refractivity contribution >= 4 is 52.2 Å². The van der Waals surface area contributed by atoms with Crippen LogP contribution in [-0.4, -0.2) is 12.9 Å².